The maximum absolute atomic E-state index is 12.7. The number of rotatable bonds is 6. The summed E-state index contributed by atoms with van der Waals surface area (Å²) in [6, 6.07) is 0. The molecule has 1 aromatic heterocycles. The third-order valence-corrected chi connectivity index (χ3v) is 3.75. The zero-order valence-corrected chi connectivity index (χ0v) is 12.9. The van der Waals surface area contributed by atoms with Crippen LogP contribution in [0.25, 0.3) is 0 Å². The molecule has 0 aromatic carbocycles. The Labute approximate surface area is 123 Å². The van der Waals surface area contributed by atoms with Gasteiger partial charge in [-0.2, -0.15) is 18.3 Å². The number of amides is 1. The molecule has 20 heavy (non-hydrogen) atoms. The van der Waals surface area contributed by atoms with Crippen LogP contribution >= 0.6 is 15.9 Å². The molecular weight excluding hydrogens is 339 g/mol. The lowest BCUT2D eigenvalue weighted by molar-refractivity contribution is -0.142. The summed E-state index contributed by atoms with van der Waals surface area (Å²) in [5, 5.41) is 6.22. The van der Waals surface area contributed by atoms with Crippen LogP contribution in [0.3, 0.4) is 0 Å². The van der Waals surface area contributed by atoms with Crippen LogP contribution in [0, 0.1) is 6.92 Å². The fourth-order valence-electron chi connectivity index (χ4n) is 1.62. The van der Waals surface area contributed by atoms with Crippen molar-refractivity contribution >= 4 is 21.8 Å². The van der Waals surface area contributed by atoms with Crippen molar-refractivity contribution in [2.75, 3.05) is 6.54 Å². The van der Waals surface area contributed by atoms with Crippen LogP contribution < -0.4 is 5.32 Å². The Morgan fingerprint density at radius 3 is 2.60 bits per heavy atom. The number of carbonyl (C=O) groups excluding carboxylic acids is 1. The number of aryl methyl sites for hydroxylation is 1. The smallest absolute Gasteiger partial charge is 0.356 e. The third-order valence-electron chi connectivity index (χ3n) is 2.81. The molecule has 0 atom stereocenters. The monoisotopic (exact) mass is 355 g/mol. The van der Waals surface area contributed by atoms with E-state index in [4.69, 9.17) is 0 Å². The molecule has 0 aliphatic carbocycles. The minimum absolute atomic E-state index is 0.0728. The van der Waals surface area contributed by atoms with Crippen molar-refractivity contribution < 1.29 is 18.0 Å². The quantitative estimate of drug-likeness (QED) is 0.796. The van der Waals surface area contributed by atoms with Crippen molar-refractivity contribution in [3.05, 3.63) is 15.9 Å². The van der Waals surface area contributed by atoms with Gasteiger partial charge in [-0.25, -0.2) is 0 Å². The number of halogens is 4. The second-order valence-corrected chi connectivity index (χ2v) is 5.22. The van der Waals surface area contributed by atoms with Gasteiger partial charge >= 0.3 is 6.18 Å². The third kappa shape index (κ3) is 4.50. The number of carbonyl (C=O) groups is 1. The molecule has 1 rings (SSSR count). The van der Waals surface area contributed by atoms with E-state index in [1.165, 1.54) is 11.6 Å². The molecule has 0 spiro atoms. The molecule has 8 heteroatoms. The van der Waals surface area contributed by atoms with Crippen LogP contribution in [0.2, 0.25) is 0 Å². The van der Waals surface area contributed by atoms with Gasteiger partial charge in [0.1, 0.15) is 0 Å². The molecule has 4 nitrogen and oxygen atoms in total. The van der Waals surface area contributed by atoms with E-state index in [9.17, 15) is 18.0 Å². The maximum atomic E-state index is 12.7. The van der Waals surface area contributed by atoms with E-state index in [0.29, 0.717) is 12.2 Å². The maximum Gasteiger partial charge on any atom is 0.436 e. The van der Waals surface area contributed by atoms with Crippen LogP contribution in [-0.2, 0) is 17.5 Å². The summed E-state index contributed by atoms with van der Waals surface area (Å²) in [6.07, 6.45) is -2.54. The van der Waals surface area contributed by atoms with Gasteiger partial charge in [-0.3, -0.25) is 9.48 Å². The highest BCUT2D eigenvalue weighted by atomic mass is 79.9. The number of nitrogens with zero attached hydrogens (tertiary/aromatic N) is 2. The Morgan fingerprint density at radius 2 is 2.10 bits per heavy atom. The minimum Gasteiger partial charge on any atom is -0.356 e. The molecule has 0 aliphatic heterocycles. The van der Waals surface area contributed by atoms with Gasteiger partial charge < -0.3 is 5.32 Å². The first-order valence-corrected chi connectivity index (χ1v) is 7.13. The number of nitrogens with one attached hydrogen (secondary N) is 1. The highest BCUT2D eigenvalue weighted by Crippen LogP contribution is 2.35. The second kappa shape index (κ2) is 7.10. The van der Waals surface area contributed by atoms with Crippen LogP contribution in [-0.4, -0.2) is 22.2 Å². The average Bonchev–Trinajstić information content (AvgIpc) is 2.64. The molecule has 0 aliphatic rings. The summed E-state index contributed by atoms with van der Waals surface area (Å²) in [7, 11) is 0. The minimum atomic E-state index is -4.50. The fourth-order valence-corrected chi connectivity index (χ4v) is 2.13. The van der Waals surface area contributed by atoms with Crippen LogP contribution in [0.15, 0.2) is 4.47 Å². The van der Waals surface area contributed by atoms with E-state index in [0.717, 1.165) is 12.8 Å². The Hall–Kier alpha value is -1.05. The lowest BCUT2D eigenvalue weighted by Crippen LogP contribution is -2.25. The SMILES string of the molecule is CCCCNC(=O)CCn1nc(C(F)(F)F)c(Br)c1C. The van der Waals surface area contributed by atoms with E-state index in [-0.39, 0.29) is 23.3 Å². The summed E-state index contributed by atoms with van der Waals surface area (Å²) in [5.74, 6) is -0.182. The van der Waals surface area contributed by atoms with Gasteiger partial charge in [-0.1, -0.05) is 13.3 Å². The van der Waals surface area contributed by atoms with Gasteiger partial charge in [0.05, 0.1) is 16.7 Å². The first kappa shape index (κ1) is 17.0. The largest absolute Gasteiger partial charge is 0.436 e. The molecule has 1 N–H and O–H groups in total. The molecule has 114 valence electrons. The van der Waals surface area contributed by atoms with E-state index in [2.05, 4.69) is 26.3 Å². The number of unbranched alkanes of at least 4 members (excludes halogenated alkanes) is 1. The Balaban J connectivity index is 2.63. The average molecular weight is 356 g/mol. The highest BCUT2D eigenvalue weighted by Gasteiger charge is 2.37. The molecular formula is C12H17BrF3N3O. The number of aromatic nitrogens is 2. The lowest BCUT2D eigenvalue weighted by Gasteiger charge is -2.06. The number of hydrogen-bond acceptors (Lipinski definition) is 2. The normalized spacial score (nSPS) is 11.7. The zero-order chi connectivity index (χ0) is 15.3. The van der Waals surface area contributed by atoms with Gasteiger partial charge in [0.25, 0.3) is 0 Å². The zero-order valence-electron chi connectivity index (χ0n) is 11.4. The Bertz CT molecular complexity index is 471. The van der Waals surface area contributed by atoms with E-state index >= 15 is 0 Å². The summed E-state index contributed by atoms with van der Waals surface area (Å²) < 4.78 is 39.1. The van der Waals surface area contributed by atoms with Gasteiger partial charge in [0.15, 0.2) is 5.69 Å². The van der Waals surface area contributed by atoms with Crippen molar-refractivity contribution in [2.24, 2.45) is 0 Å². The summed E-state index contributed by atoms with van der Waals surface area (Å²) in [6.45, 7) is 4.25. The molecule has 1 aromatic rings. The van der Waals surface area contributed by atoms with E-state index in [1.54, 1.807) is 0 Å². The topological polar surface area (TPSA) is 46.9 Å². The van der Waals surface area contributed by atoms with Crippen molar-refractivity contribution in [3.63, 3.8) is 0 Å². The highest BCUT2D eigenvalue weighted by molar-refractivity contribution is 9.10. The summed E-state index contributed by atoms with van der Waals surface area (Å²) in [4.78, 5) is 11.5. The summed E-state index contributed by atoms with van der Waals surface area (Å²) >= 11 is 2.89. The first-order valence-electron chi connectivity index (χ1n) is 6.34. The molecule has 0 unspecified atom stereocenters. The van der Waals surface area contributed by atoms with Gasteiger partial charge in [-0.05, 0) is 29.3 Å². The van der Waals surface area contributed by atoms with Crippen LogP contribution in [0.1, 0.15) is 37.6 Å². The molecule has 0 saturated heterocycles. The van der Waals surface area contributed by atoms with Crippen molar-refractivity contribution in [1.29, 1.82) is 0 Å². The predicted octanol–water partition coefficient (Wildman–Crippen LogP) is 3.28. The number of alkyl halides is 3. The van der Waals surface area contributed by atoms with Gasteiger partial charge in [-0.15, -0.1) is 0 Å². The predicted molar refractivity (Wildman–Crippen MR) is 72.2 cm³/mol. The first-order chi connectivity index (χ1) is 9.27. The molecule has 0 bridgehead atoms. The van der Waals surface area contributed by atoms with Crippen molar-refractivity contribution in [2.45, 2.75) is 45.8 Å². The molecule has 0 saturated carbocycles. The van der Waals surface area contributed by atoms with Gasteiger partial charge in [0.2, 0.25) is 5.91 Å². The second-order valence-electron chi connectivity index (χ2n) is 4.42. The lowest BCUT2D eigenvalue weighted by atomic mass is 10.3. The summed E-state index contributed by atoms with van der Waals surface area (Å²) in [5.41, 5.74) is -0.597. The van der Waals surface area contributed by atoms with E-state index < -0.39 is 11.9 Å². The van der Waals surface area contributed by atoms with Crippen molar-refractivity contribution in [1.82, 2.24) is 15.1 Å². The Kier molecular flexibility index (Phi) is 6.04. The van der Waals surface area contributed by atoms with Gasteiger partial charge in [0, 0.05) is 13.0 Å². The van der Waals surface area contributed by atoms with Crippen LogP contribution in [0.4, 0.5) is 13.2 Å². The molecule has 1 amide bonds. The van der Waals surface area contributed by atoms with E-state index in [1.807, 2.05) is 6.92 Å². The molecule has 0 fully saturated rings. The number of hydrogen-bond donors (Lipinski definition) is 1. The fraction of sp³-hybridized carbons (Fsp3) is 0.667. The molecule has 1 heterocycles. The van der Waals surface area contributed by atoms with Crippen LogP contribution in [0.5, 0.6) is 0 Å². The Morgan fingerprint density at radius 1 is 1.45 bits per heavy atom. The molecule has 0 radical (unpaired) electrons. The van der Waals surface area contributed by atoms with Crippen molar-refractivity contribution in [3.8, 4) is 0 Å². The standard InChI is InChI=1S/C12H17BrF3N3O/c1-3-4-6-17-9(20)5-7-19-8(2)10(13)11(18-19)12(14,15)16/h3-7H2,1-2H3,(H,17,20).